The summed E-state index contributed by atoms with van der Waals surface area (Å²) in [5.41, 5.74) is 8.64. The van der Waals surface area contributed by atoms with E-state index in [1.165, 1.54) is 0 Å². The van der Waals surface area contributed by atoms with Gasteiger partial charge in [-0.05, 0) is 41.3 Å². The van der Waals surface area contributed by atoms with Crippen LogP contribution in [0.5, 0.6) is 0 Å². The van der Waals surface area contributed by atoms with Crippen LogP contribution in [-0.2, 0) is 6.54 Å². The monoisotopic (exact) mass is 391 g/mol. The minimum absolute atomic E-state index is 0.0915. The molecule has 0 aliphatic carbocycles. The molecule has 6 nitrogen and oxygen atoms in total. The number of amides is 1. The van der Waals surface area contributed by atoms with Gasteiger partial charge < -0.3 is 4.52 Å². The maximum Gasteiger partial charge on any atom is 0.304 e. The molecule has 26 heavy (non-hydrogen) atoms. The summed E-state index contributed by atoms with van der Waals surface area (Å²) >= 11 is 12.3. The Balaban J connectivity index is 1.63. The number of carbonyl (C=O) groups is 1. The molecule has 0 fully saturated rings. The molecule has 3 aromatic rings. The van der Waals surface area contributed by atoms with Crippen molar-refractivity contribution < 1.29 is 9.32 Å². The van der Waals surface area contributed by atoms with E-state index in [0.717, 1.165) is 28.3 Å². The van der Waals surface area contributed by atoms with Crippen LogP contribution >= 0.6 is 23.2 Å². The summed E-state index contributed by atoms with van der Waals surface area (Å²) in [4.78, 5) is 22.7. The average molecular weight is 392 g/mol. The van der Waals surface area contributed by atoms with Gasteiger partial charge in [-0.3, -0.25) is 15.0 Å². The molecule has 1 amide bonds. The van der Waals surface area contributed by atoms with Crippen LogP contribution in [0.1, 0.15) is 21.7 Å². The summed E-state index contributed by atoms with van der Waals surface area (Å²) in [5.74, 6) is -0.629. The number of carbonyl (C=O) groups excluding carboxylic acids is 1. The van der Waals surface area contributed by atoms with Gasteiger partial charge in [-0.1, -0.05) is 47.5 Å². The number of H-pyrrole nitrogens is 1. The van der Waals surface area contributed by atoms with E-state index in [9.17, 15) is 9.59 Å². The maximum absolute atomic E-state index is 11.7. The normalized spacial score (nSPS) is 10.7. The van der Waals surface area contributed by atoms with Crippen molar-refractivity contribution in [2.75, 3.05) is 0 Å². The average Bonchev–Trinajstić information content (AvgIpc) is 3.05. The summed E-state index contributed by atoms with van der Waals surface area (Å²) in [6.07, 6.45) is 0. The molecule has 3 rings (SSSR count). The van der Waals surface area contributed by atoms with E-state index in [1.54, 1.807) is 6.07 Å². The molecular weight excluding hydrogens is 377 g/mol. The Kier molecular flexibility index (Phi) is 5.46. The maximum atomic E-state index is 11.7. The molecule has 0 aliphatic heterocycles. The number of halogens is 2. The first-order valence-electron chi connectivity index (χ1n) is 7.70. The van der Waals surface area contributed by atoms with E-state index in [-0.39, 0.29) is 5.76 Å². The Morgan fingerprint density at radius 3 is 2.54 bits per heavy atom. The number of hydrogen-bond acceptors (Lipinski definition) is 4. The number of hydrogen-bond donors (Lipinski definition) is 3. The van der Waals surface area contributed by atoms with Crippen molar-refractivity contribution in [2.24, 2.45) is 0 Å². The molecule has 2 aromatic carbocycles. The molecule has 134 valence electrons. The molecule has 0 unspecified atom stereocenters. The van der Waals surface area contributed by atoms with E-state index in [0.29, 0.717) is 16.6 Å². The highest BCUT2D eigenvalue weighted by Crippen LogP contribution is 2.32. The second kappa shape index (κ2) is 7.78. The minimum atomic E-state index is -0.538. The third-order valence-electron chi connectivity index (χ3n) is 3.82. The third-order valence-corrected chi connectivity index (χ3v) is 4.43. The Hall–Kier alpha value is -2.54. The van der Waals surface area contributed by atoms with Crippen LogP contribution in [0.4, 0.5) is 0 Å². The Morgan fingerprint density at radius 1 is 1.15 bits per heavy atom. The van der Waals surface area contributed by atoms with Gasteiger partial charge in [-0.25, -0.2) is 5.43 Å². The summed E-state index contributed by atoms with van der Waals surface area (Å²) in [5, 5.41) is 3.26. The van der Waals surface area contributed by atoms with Crippen LogP contribution in [0, 0.1) is 6.92 Å². The number of hydrazine groups is 1. The molecule has 1 heterocycles. The van der Waals surface area contributed by atoms with E-state index < -0.39 is 11.5 Å². The van der Waals surface area contributed by atoms with E-state index >= 15 is 0 Å². The Morgan fingerprint density at radius 2 is 1.88 bits per heavy atom. The van der Waals surface area contributed by atoms with Gasteiger partial charge in [0.2, 0.25) is 5.76 Å². The molecule has 0 bridgehead atoms. The lowest BCUT2D eigenvalue weighted by molar-refractivity contribution is 0.0894. The van der Waals surface area contributed by atoms with Gasteiger partial charge in [-0.15, -0.1) is 0 Å². The fourth-order valence-electron chi connectivity index (χ4n) is 2.43. The van der Waals surface area contributed by atoms with Gasteiger partial charge in [0.1, 0.15) is 0 Å². The zero-order valence-corrected chi connectivity index (χ0v) is 15.2. The van der Waals surface area contributed by atoms with Crippen LogP contribution < -0.4 is 16.4 Å². The quantitative estimate of drug-likeness (QED) is 0.578. The molecule has 0 atom stereocenters. The zero-order valence-electron chi connectivity index (χ0n) is 13.7. The second-order valence-electron chi connectivity index (χ2n) is 5.64. The van der Waals surface area contributed by atoms with Crippen LogP contribution in [-0.4, -0.2) is 11.1 Å². The van der Waals surface area contributed by atoms with Crippen molar-refractivity contribution in [1.29, 1.82) is 0 Å². The van der Waals surface area contributed by atoms with E-state index in [2.05, 4.69) is 16.0 Å². The van der Waals surface area contributed by atoms with Gasteiger partial charge in [0, 0.05) is 16.6 Å². The highest BCUT2D eigenvalue weighted by molar-refractivity contribution is 6.35. The lowest BCUT2D eigenvalue weighted by atomic mass is 9.99. The first kappa shape index (κ1) is 18.3. The first-order chi connectivity index (χ1) is 12.4. The first-order valence-corrected chi connectivity index (χ1v) is 8.46. The molecule has 0 saturated carbocycles. The fourth-order valence-corrected chi connectivity index (χ4v) is 2.92. The largest absolute Gasteiger partial charge is 0.373 e. The summed E-state index contributed by atoms with van der Waals surface area (Å²) < 4.78 is 4.71. The molecular formula is C18H15Cl2N3O3. The van der Waals surface area contributed by atoms with E-state index in [1.807, 2.05) is 37.3 Å². The number of nitrogens with one attached hydrogen (secondary N) is 3. The number of benzene rings is 2. The van der Waals surface area contributed by atoms with Crippen LogP contribution in [0.15, 0.2) is 51.8 Å². The molecule has 0 radical (unpaired) electrons. The summed E-state index contributed by atoms with van der Waals surface area (Å²) in [7, 11) is 0. The predicted octanol–water partition coefficient (Wildman–Crippen LogP) is 3.68. The molecule has 8 heteroatoms. The third kappa shape index (κ3) is 4.16. The minimum Gasteiger partial charge on any atom is -0.373 e. The van der Waals surface area contributed by atoms with Gasteiger partial charge in [0.05, 0.1) is 6.07 Å². The standard InChI is InChI=1S/C18H15Cl2N3O3/c1-10-14(6-13(19)7-15(10)20)12-4-2-11(3-5-12)9-21-22-18(25)16-8-17(24)23-26-16/h2-8,21H,9H2,1H3,(H,22,25)(H,23,24). The van der Waals surface area contributed by atoms with Gasteiger partial charge >= 0.3 is 5.91 Å². The smallest absolute Gasteiger partial charge is 0.304 e. The summed E-state index contributed by atoms with van der Waals surface area (Å²) in [6.45, 7) is 2.34. The SMILES string of the molecule is Cc1c(Cl)cc(Cl)cc1-c1ccc(CNNC(=O)c2cc(=O)[nH]o2)cc1. The van der Waals surface area contributed by atoms with Crippen molar-refractivity contribution in [1.82, 2.24) is 16.0 Å². The van der Waals surface area contributed by atoms with Crippen LogP contribution in [0.25, 0.3) is 11.1 Å². The lowest BCUT2D eigenvalue weighted by Crippen LogP contribution is -2.36. The predicted molar refractivity (Wildman–Crippen MR) is 100 cm³/mol. The molecule has 0 spiro atoms. The Labute approximate surface area is 159 Å². The summed E-state index contributed by atoms with van der Waals surface area (Å²) in [6, 6.07) is 12.4. The number of aromatic amines is 1. The van der Waals surface area contributed by atoms with Gasteiger partial charge in [0.15, 0.2) is 0 Å². The van der Waals surface area contributed by atoms with Crippen molar-refractivity contribution in [2.45, 2.75) is 13.5 Å². The molecule has 0 aliphatic rings. The van der Waals surface area contributed by atoms with Crippen LogP contribution in [0.2, 0.25) is 10.0 Å². The second-order valence-corrected chi connectivity index (χ2v) is 6.49. The zero-order chi connectivity index (χ0) is 18.7. The van der Waals surface area contributed by atoms with Crippen molar-refractivity contribution >= 4 is 29.1 Å². The van der Waals surface area contributed by atoms with Crippen molar-refractivity contribution in [3.63, 3.8) is 0 Å². The number of aromatic nitrogens is 1. The van der Waals surface area contributed by atoms with Gasteiger partial charge in [-0.2, -0.15) is 5.16 Å². The molecule has 3 N–H and O–H groups in total. The topological polar surface area (TPSA) is 87.1 Å². The van der Waals surface area contributed by atoms with Crippen molar-refractivity contribution in [3.8, 4) is 11.1 Å². The highest BCUT2D eigenvalue weighted by Gasteiger charge is 2.10. The Bertz CT molecular complexity index is 994. The fraction of sp³-hybridized carbons (Fsp3) is 0.111. The molecule has 0 saturated heterocycles. The van der Waals surface area contributed by atoms with E-state index in [4.69, 9.17) is 27.7 Å². The van der Waals surface area contributed by atoms with Crippen LogP contribution in [0.3, 0.4) is 0 Å². The number of rotatable bonds is 5. The van der Waals surface area contributed by atoms with Crippen molar-refractivity contribution in [3.05, 3.63) is 79.8 Å². The lowest BCUT2D eigenvalue weighted by Gasteiger charge is -2.10. The van der Waals surface area contributed by atoms with Gasteiger partial charge in [0.25, 0.3) is 5.56 Å². The molecule has 1 aromatic heterocycles. The highest BCUT2D eigenvalue weighted by atomic mass is 35.5.